The second kappa shape index (κ2) is 6.71. The van der Waals surface area contributed by atoms with Crippen LogP contribution in [0.25, 0.3) is 0 Å². The molecular formula is C18H24N2O4. The van der Waals surface area contributed by atoms with Gasteiger partial charge in [-0.15, -0.1) is 0 Å². The summed E-state index contributed by atoms with van der Waals surface area (Å²) >= 11 is 0. The van der Waals surface area contributed by atoms with Crippen molar-refractivity contribution in [3.05, 3.63) is 35.4 Å². The topological polar surface area (TPSA) is 76.7 Å². The Labute approximate surface area is 141 Å². The first-order chi connectivity index (χ1) is 11.6. The maximum absolute atomic E-state index is 12.0. The summed E-state index contributed by atoms with van der Waals surface area (Å²) in [7, 11) is 2.77. The zero-order valence-electron chi connectivity index (χ0n) is 14.1. The summed E-state index contributed by atoms with van der Waals surface area (Å²) in [6.07, 6.45) is 2.88. The van der Waals surface area contributed by atoms with Gasteiger partial charge in [0.05, 0.1) is 19.8 Å². The zero-order chi connectivity index (χ0) is 17.2. The number of ether oxygens (including phenoxy) is 2. The molecule has 2 N–H and O–H groups in total. The van der Waals surface area contributed by atoms with Crippen LogP contribution in [-0.4, -0.2) is 33.0 Å². The summed E-state index contributed by atoms with van der Waals surface area (Å²) in [4.78, 5) is 23.3. The van der Waals surface area contributed by atoms with Gasteiger partial charge in [0.25, 0.3) is 0 Å². The van der Waals surface area contributed by atoms with Gasteiger partial charge in [-0.25, -0.2) is 9.59 Å². The van der Waals surface area contributed by atoms with E-state index in [1.165, 1.54) is 25.3 Å². The van der Waals surface area contributed by atoms with Gasteiger partial charge in [-0.2, -0.15) is 0 Å². The highest BCUT2D eigenvalue weighted by Crippen LogP contribution is 2.51. The van der Waals surface area contributed by atoms with Gasteiger partial charge < -0.3 is 20.1 Å². The standard InChI is InChI=1S/C18H24N2O4/c1-23-16(21)19-11-12-7-8-18(20-17(22)24-2)14(9-12)10-13-5-3-4-6-15(13)18/h3-6,12,14H,7-11H2,1-2H3,(H,19,21)(H,20,22)/t12-,14-,18+/m0/s1. The van der Waals surface area contributed by atoms with E-state index >= 15 is 0 Å². The average Bonchev–Trinajstić information content (AvgIpc) is 2.92. The van der Waals surface area contributed by atoms with E-state index < -0.39 is 6.09 Å². The smallest absolute Gasteiger partial charge is 0.407 e. The third-order valence-corrected chi connectivity index (χ3v) is 5.46. The molecule has 0 spiro atoms. The van der Waals surface area contributed by atoms with Crippen LogP contribution in [-0.2, 0) is 21.4 Å². The summed E-state index contributed by atoms with van der Waals surface area (Å²) in [6.45, 7) is 0.605. The number of rotatable bonds is 3. The van der Waals surface area contributed by atoms with Crippen molar-refractivity contribution >= 4 is 12.2 Å². The highest BCUT2D eigenvalue weighted by molar-refractivity contribution is 5.69. The van der Waals surface area contributed by atoms with Gasteiger partial charge in [0.1, 0.15) is 0 Å². The molecule has 6 nitrogen and oxygen atoms in total. The number of nitrogens with one attached hydrogen (secondary N) is 2. The Kier molecular flexibility index (Phi) is 4.64. The Morgan fingerprint density at radius 3 is 2.71 bits per heavy atom. The second-order valence-corrected chi connectivity index (χ2v) is 6.66. The van der Waals surface area contributed by atoms with Crippen LogP contribution in [0.4, 0.5) is 9.59 Å². The molecule has 130 valence electrons. The van der Waals surface area contributed by atoms with Crippen LogP contribution >= 0.6 is 0 Å². The van der Waals surface area contributed by atoms with E-state index in [0.717, 1.165) is 25.7 Å². The largest absolute Gasteiger partial charge is 0.453 e. The van der Waals surface area contributed by atoms with Crippen molar-refractivity contribution in [3.63, 3.8) is 0 Å². The lowest BCUT2D eigenvalue weighted by Gasteiger charge is -2.43. The van der Waals surface area contributed by atoms with Gasteiger partial charge in [0, 0.05) is 6.54 Å². The third kappa shape index (κ3) is 2.92. The van der Waals surface area contributed by atoms with Crippen molar-refractivity contribution in [2.75, 3.05) is 20.8 Å². The van der Waals surface area contributed by atoms with E-state index in [2.05, 4.69) is 27.5 Å². The van der Waals surface area contributed by atoms with E-state index in [1.54, 1.807) is 0 Å². The number of hydrogen-bond acceptors (Lipinski definition) is 4. The minimum Gasteiger partial charge on any atom is -0.453 e. The Balaban J connectivity index is 1.79. The summed E-state index contributed by atoms with van der Waals surface area (Å²) in [5.41, 5.74) is 2.14. The fourth-order valence-corrected chi connectivity index (χ4v) is 4.32. The van der Waals surface area contributed by atoms with Crippen LogP contribution in [0, 0.1) is 11.8 Å². The molecule has 0 radical (unpaired) electrons. The number of methoxy groups -OCH3 is 2. The van der Waals surface area contributed by atoms with Gasteiger partial charge in [0.2, 0.25) is 0 Å². The molecular weight excluding hydrogens is 308 g/mol. The Morgan fingerprint density at radius 1 is 1.21 bits per heavy atom. The molecule has 0 aliphatic heterocycles. The van der Waals surface area contributed by atoms with Crippen LogP contribution in [0.1, 0.15) is 30.4 Å². The zero-order valence-corrected chi connectivity index (χ0v) is 14.1. The van der Waals surface area contributed by atoms with E-state index in [1.807, 2.05) is 12.1 Å². The Bertz CT molecular complexity index is 633. The molecule has 0 unspecified atom stereocenters. The molecule has 6 heteroatoms. The van der Waals surface area contributed by atoms with Gasteiger partial charge in [-0.3, -0.25) is 0 Å². The van der Waals surface area contributed by atoms with Crippen LogP contribution in [0.2, 0.25) is 0 Å². The molecule has 2 aliphatic carbocycles. The molecule has 3 atom stereocenters. The average molecular weight is 332 g/mol. The fourth-order valence-electron chi connectivity index (χ4n) is 4.32. The van der Waals surface area contributed by atoms with Crippen LogP contribution < -0.4 is 10.6 Å². The van der Waals surface area contributed by atoms with Crippen molar-refractivity contribution in [1.29, 1.82) is 0 Å². The number of benzene rings is 1. The first kappa shape index (κ1) is 16.6. The number of amides is 2. The summed E-state index contributed by atoms with van der Waals surface area (Å²) in [5, 5.41) is 5.92. The lowest BCUT2D eigenvalue weighted by Crippen LogP contribution is -2.52. The highest BCUT2D eigenvalue weighted by atomic mass is 16.5. The predicted molar refractivity (Wildman–Crippen MR) is 88.6 cm³/mol. The van der Waals surface area contributed by atoms with Crippen molar-refractivity contribution in [3.8, 4) is 0 Å². The Morgan fingerprint density at radius 2 is 1.96 bits per heavy atom. The molecule has 2 aliphatic rings. The molecule has 1 aromatic rings. The van der Waals surface area contributed by atoms with Crippen LogP contribution in [0.15, 0.2) is 24.3 Å². The van der Waals surface area contributed by atoms with Gasteiger partial charge in [-0.1, -0.05) is 24.3 Å². The maximum Gasteiger partial charge on any atom is 0.407 e. The van der Waals surface area contributed by atoms with Gasteiger partial charge in [0.15, 0.2) is 0 Å². The maximum atomic E-state index is 12.0. The lowest BCUT2D eigenvalue weighted by atomic mass is 9.69. The monoisotopic (exact) mass is 332 g/mol. The normalized spacial score (nSPS) is 27.6. The van der Waals surface area contributed by atoms with Crippen LogP contribution in [0.5, 0.6) is 0 Å². The fraction of sp³-hybridized carbons (Fsp3) is 0.556. The first-order valence-corrected chi connectivity index (χ1v) is 8.35. The van der Waals surface area contributed by atoms with E-state index in [4.69, 9.17) is 4.74 Å². The lowest BCUT2D eigenvalue weighted by molar-refractivity contribution is 0.0986. The predicted octanol–water partition coefficient (Wildman–Crippen LogP) is 2.57. The molecule has 24 heavy (non-hydrogen) atoms. The van der Waals surface area contributed by atoms with Crippen molar-refractivity contribution in [1.82, 2.24) is 10.6 Å². The number of carbonyl (C=O) groups is 2. The molecule has 0 saturated heterocycles. The van der Waals surface area contributed by atoms with Crippen LogP contribution in [0.3, 0.4) is 0 Å². The summed E-state index contributed by atoms with van der Waals surface area (Å²) in [6, 6.07) is 8.31. The number of carbonyl (C=O) groups excluding carboxylic acids is 2. The van der Waals surface area contributed by atoms with Crippen molar-refractivity contribution < 1.29 is 19.1 Å². The molecule has 0 aromatic heterocycles. The molecule has 1 saturated carbocycles. The molecule has 3 rings (SSSR count). The summed E-state index contributed by atoms with van der Waals surface area (Å²) in [5.74, 6) is 0.697. The molecule has 1 aromatic carbocycles. The quantitative estimate of drug-likeness (QED) is 0.892. The third-order valence-electron chi connectivity index (χ3n) is 5.46. The van der Waals surface area contributed by atoms with E-state index in [9.17, 15) is 9.59 Å². The van der Waals surface area contributed by atoms with Gasteiger partial charge >= 0.3 is 12.2 Å². The molecule has 0 bridgehead atoms. The van der Waals surface area contributed by atoms with Crippen molar-refractivity contribution in [2.45, 2.75) is 31.2 Å². The number of alkyl carbamates (subject to hydrolysis) is 2. The van der Waals surface area contributed by atoms with Crippen molar-refractivity contribution in [2.24, 2.45) is 11.8 Å². The number of fused-ring (bicyclic) bond motifs is 3. The minimum absolute atomic E-state index is 0.312. The molecule has 2 amide bonds. The van der Waals surface area contributed by atoms with E-state index in [0.29, 0.717) is 18.4 Å². The van der Waals surface area contributed by atoms with E-state index in [-0.39, 0.29) is 11.6 Å². The Hall–Kier alpha value is -2.24. The SMILES string of the molecule is COC(=O)NC[C@H]1CC[C@]2(NC(=O)OC)c3ccccc3C[C@@H]2C1. The summed E-state index contributed by atoms with van der Waals surface area (Å²) < 4.78 is 9.51. The molecule has 0 heterocycles. The minimum atomic E-state index is -0.394. The second-order valence-electron chi connectivity index (χ2n) is 6.66. The highest BCUT2D eigenvalue weighted by Gasteiger charge is 2.50. The van der Waals surface area contributed by atoms with Gasteiger partial charge in [-0.05, 0) is 48.6 Å². The molecule has 1 fully saturated rings. The number of hydrogen-bond donors (Lipinski definition) is 2. The first-order valence-electron chi connectivity index (χ1n) is 8.35.